The van der Waals surface area contributed by atoms with Gasteiger partial charge in [-0.05, 0) is 49.7 Å². The van der Waals surface area contributed by atoms with E-state index in [0.717, 1.165) is 49.6 Å². The summed E-state index contributed by atoms with van der Waals surface area (Å²) in [5.41, 5.74) is 3.72. The average molecular weight is 455 g/mol. The van der Waals surface area contributed by atoms with Crippen LogP contribution in [0.15, 0.2) is 66.9 Å². The molecule has 2 aromatic carbocycles. The summed E-state index contributed by atoms with van der Waals surface area (Å²) in [4.78, 5) is 28.0. The fourth-order valence-electron chi connectivity index (χ4n) is 5.26. The fourth-order valence-corrected chi connectivity index (χ4v) is 5.26. The first-order valence-electron chi connectivity index (χ1n) is 12.6. The van der Waals surface area contributed by atoms with Crippen LogP contribution in [0.1, 0.15) is 66.7 Å². The van der Waals surface area contributed by atoms with Gasteiger partial charge in [-0.3, -0.25) is 4.79 Å². The van der Waals surface area contributed by atoms with E-state index >= 15 is 0 Å². The Balaban J connectivity index is 1.54. The minimum Gasteiger partial charge on any atom is -0.341 e. The molecule has 1 saturated heterocycles. The Kier molecular flexibility index (Phi) is 6.36. The second-order valence-electron chi connectivity index (χ2n) is 9.88. The van der Waals surface area contributed by atoms with Gasteiger partial charge in [-0.15, -0.1) is 0 Å². The van der Waals surface area contributed by atoms with Crippen molar-refractivity contribution in [1.82, 2.24) is 14.9 Å². The molecule has 34 heavy (non-hydrogen) atoms. The first-order chi connectivity index (χ1) is 16.6. The van der Waals surface area contributed by atoms with Crippen molar-refractivity contribution in [3.63, 3.8) is 0 Å². The lowest BCUT2D eigenvalue weighted by Gasteiger charge is -2.32. The van der Waals surface area contributed by atoms with E-state index in [1.54, 1.807) is 6.20 Å². The topological polar surface area (TPSA) is 49.3 Å². The first kappa shape index (κ1) is 22.6. The monoisotopic (exact) mass is 454 g/mol. The summed E-state index contributed by atoms with van der Waals surface area (Å²) in [6.45, 7) is 7.50. The number of benzene rings is 2. The minimum atomic E-state index is -0.197. The number of hydrogen-bond donors (Lipinski definition) is 0. The van der Waals surface area contributed by atoms with E-state index < -0.39 is 0 Å². The number of aromatic nitrogens is 2. The Morgan fingerprint density at radius 3 is 2.44 bits per heavy atom. The number of rotatable bonds is 7. The van der Waals surface area contributed by atoms with Crippen molar-refractivity contribution in [2.24, 2.45) is 5.92 Å². The molecule has 0 radical (unpaired) electrons. The van der Waals surface area contributed by atoms with E-state index in [0.29, 0.717) is 24.6 Å². The fraction of sp³-hybridized carbons (Fsp3) is 0.414. The molecule has 1 aliphatic heterocycles. The highest BCUT2D eigenvalue weighted by molar-refractivity contribution is 5.96. The van der Waals surface area contributed by atoms with Crippen LogP contribution in [0.25, 0.3) is 0 Å². The molecule has 1 unspecified atom stereocenters. The van der Waals surface area contributed by atoms with Crippen LogP contribution in [-0.4, -0.2) is 40.4 Å². The Hall–Kier alpha value is -3.21. The number of hydrogen-bond acceptors (Lipinski definition) is 4. The number of anilines is 1. The van der Waals surface area contributed by atoms with Gasteiger partial charge in [0, 0.05) is 37.8 Å². The van der Waals surface area contributed by atoms with Crippen molar-refractivity contribution < 1.29 is 4.79 Å². The Morgan fingerprint density at radius 1 is 1.09 bits per heavy atom. The third kappa shape index (κ3) is 4.44. The summed E-state index contributed by atoms with van der Waals surface area (Å²) in [6, 6.07) is 20.7. The predicted molar refractivity (Wildman–Crippen MR) is 136 cm³/mol. The highest BCUT2D eigenvalue weighted by Gasteiger charge is 2.50. The number of amides is 1. The van der Waals surface area contributed by atoms with E-state index in [2.05, 4.69) is 48.2 Å². The lowest BCUT2D eigenvalue weighted by Crippen LogP contribution is -2.37. The van der Waals surface area contributed by atoms with Crippen molar-refractivity contribution in [2.75, 3.05) is 24.5 Å². The van der Waals surface area contributed by atoms with Crippen molar-refractivity contribution in [3.8, 4) is 0 Å². The molecule has 0 spiro atoms. The quantitative estimate of drug-likeness (QED) is 0.476. The van der Waals surface area contributed by atoms with Gasteiger partial charge in [-0.2, -0.15) is 0 Å². The summed E-state index contributed by atoms with van der Waals surface area (Å²) in [7, 11) is 0. The van der Waals surface area contributed by atoms with Gasteiger partial charge in [0.15, 0.2) is 0 Å². The van der Waals surface area contributed by atoms with Crippen LogP contribution in [0.5, 0.6) is 0 Å². The zero-order chi connectivity index (χ0) is 23.5. The van der Waals surface area contributed by atoms with Crippen LogP contribution < -0.4 is 4.90 Å². The highest BCUT2D eigenvalue weighted by Crippen LogP contribution is 2.54. The lowest BCUT2D eigenvalue weighted by molar-refractivity contribution is 0.0750. The largest absolute Gasteiger partial charge is 0.341 e. The van der Waals surface area contributed by atoms with Gasteiger partial charge in [-0.25, -0.2) is 9.97 Å². The molecule has 2 heterocycles. The van der Waals surface area contributed by atoms with E-state index in [-0.39, 0.29) is 11.3 Å². The molecule has 5 rings (SSSR count). The molecule has 1 saturated carbocycles. The summed E-state index contributed by atoms with van der Waals surface area (Å²) in [5, 5.41) is 0. The molecule has 2 fully saturated rings. The van der Waals surface area contributed by atoms with Crippen molar-refractivity contribution >= 4 is 11.9 Å². The van der Waals surface area contributed by atoms with E-state index in [1.165, 1.54) is 12.0 Å². The maximum atomic E-state index is 13.9. The molecule has 3 aromatic rings. The zero-order valence-electron chi connectivity index (χ0n) is 20.3. The highest BCUT2D eigenvalue weighted by atomic mass is 16.2. The molecule has 1 aromatic heterocycles. The molecule has 0 N–H and O–H groups in total. The van der Waals surface area contributed by atoms with E-state index in [9.17, 15) is 4.79 Å². The summed E-state index contributed by atoms with van der Waals surface area (Å²) < 4.78 is 0. The van der Waals surface area contributed by atoms with Gasteiger partial charge >= 0.3 is 0 Å². The number of nitrogens with zero attached hydrogens (tertiary/aromatic N) is 4. The lowest BCUT2D eigenvalue weighted by atomic mass is 9.89. The summed E-state index contributed by atoms with van der Waals surface area (Å²) in [5.74, 6) is 1.42. The second kappa shape index (κ2) is 9.57. The third-order valence-electron chi connectivity index (χ3n) is 7.36. The Bertz CT molecular complexity index is 1130. The number of carbonyl (C=O) groups excluding carboxylic acids is 1. The maximum absolute atomic E-state index is 13.9. The van der Waals surface area contributed by atoms with Gasteiger partial charge in [0.2, 0.25) is 5.95 Å². The normalized spacial score (nSPS) is 19.0. The molecule has 0 bridgehead atoms. The molecular weight excluding hydrogens is 420 g/mol. The molecule has 1 amide bonds. The third-order valence-corrected chi connectivity index (χ3v) is 7.36. The maximum Gasteiger partial charge on any atom is 0.257 e. The SMILES string of the molecule is CCN(Cc1ccccc1)C(=O)c1cnc(N2CCCC(C)C2)nc1C1(c2ccccc2)CC1. The summed E-state index contributed by atoms with van der Waals surface area (Å²) in [6.07, 6.45) is 6.23. The van der Waals surface area contributed by atoms with Gasteiger partial charge in [0.05, 0.1) is 11.3 Å². The minimum absolute atomic E-state index is 0.0159. The van der Waals surface area contributed by atoms with Gasteiger partial charge in [0.25, 0.3) is 5.91 Å². The number of carbonyl (C=O) groups is 1. The van der Waals surface area contributed by atoms with Crippen LogP contribution in [-0.2, 0) is 12.0 Å². The second-order valence-corrected chi connectivity index (χ2v) is 9.88. The van der Waals surface area contributed by atoms with Crippen LogP contribution in [0.4, 0.5) is 5.95 Å². The predicted octanol–water partition coefficient (Wildman–Crippen LogP) is 5.46. The molecule has 5 heteroatoms. The first-order valence-corrected chi connectivity index (χ1v) is 12.6. The molecule has 1 aliphatic carbocycles. The Labute approximate surface area is 202 Å². The van der Waals surface area contributed by atoms with Crippen molar-refractivity contribution in [2.45, 2.75) is 51.5 Å². The Morgan fingerprint density at radius 2 is 1.79 bits per heavy atom. The van der Waals surface area contributed by atoms with Gasteiger partial charge < -0.3 is 9.80 Å². The van der Waals surface area contributed by atoms with Gasteiger partial charge in [0.1, 0.15) is 0 Å². The van der Waals surface area contributed by atoms with Crippen LogP contribution in [0, 0.1) is 5.92 Å². The molecule has 2 aliphatic rings. The number of piperidine rings is 1. The zero-order valence-corrected chi connectivity index (χ0v) is 20.3. The van der Waals surface area contributed by atoms with Crippen molar-refractivity contribution in [3.05, 3.63) is 89.2 Å². The van der Waals surface area contributed by atoms with E-state index in [4.69, 9.17) is 9.97 Å². The van der Waals surface area contributed by atoms with Crippen LogP contribution >= 0.6 is 0 Å². The average Bonchev–Trinajstić information content (AvgIpc) is 3.70. The standard InChI is InChI=1S/C29H34N4O/c1-3-32(21-23-12-6-4-7-13-23)27(34)25-19-30-28(33-18-10-11-22(2)20-33)31-26(25)29(16-17-29)24-14-8-5-9-15-24/h4-9,12-15,19,22H,3,10-11,16-18,20-21H2,1-2H3. The summed E-state index contributed by atoms with van der Waals surface area (Å²) >= 11 is 0. The molecule has 5 nitrogen and oxygen atoms in total. The van der Waals surface area contributed by atoms with Crippen LogP contribution in [0.2, 0.25) is 0 Å². The van der Waals surface area contributed by atoms with Crippen molar-refractivity contribution in [1.29, 1.82) is 0 Å². The molecular formula is C29H34N4O. The molecule has 176 valence electrons. The van der Waals surface area contributed by atoms with Crippen LogP contribution in [0.3, 0.4) is 0 Å². The van der Waals surface area contributed by atoms with E-state index in [1.807, 2.05) is 36.1 Å². The smallest absolute Gasteiger partial charge is 0.257 e. The van der Waals surface area contributed by atoms with Gasteiger partial charge in [-0.1, -0.05) is 67.6 Å². The molecule has 1 atom stereocenters.